The van der Waals surface area contributed by atoms with E-state index in [0.717, 1.165) is 24.3 Å². The highest BCUT2D eigenvalue weighted by Gasteiger charge is 2.45. The highest BCUT2D eigenvalue weighted by Crippen LogP contribution is 2.24. The van der Waals surface area contributed by atoms with E-state index in [2.05, 4.69) is 4.40 Å². The molecule has 0 aliphatic carbocycles. The van der Waals surface area contributed by atoms with Gasteiger partial charge in [-0.05, 0) is 17.7 Å². The van der Waals surface area contributed by atoms with Gasteiger partial charge >= 0.3 is 15.5 Å². The summed E-state index contributed by atoms with van der Waals surface area (Å²) in [5, 5.41) is 0. The lowest BCUT2D eigenvalue weighted by molar-refractivity contribution is -0.0435. The van der Waals surface area contributed by atoms with Crippen LogP contribution in [-0.4, -0.2) is 20.1 Å². The monoisotopic (exact) mass is 255 g/mol. The minimum Gasteiger partial charge on any atom is -0.207 e. The molecule has 0 aliphatic rings. The van der Waals surface area contributed by atoms with Crippen LogP contribution in [0.5, 0.6) is 0 Å². The summed E-state index contributed by atoms with van der Waals surface area (Å²) in [7, 11) is -5.53. The number of halogens is 4. The van der Waals surface area contributed by atoms with Gasteiger partial charge in [0.2, 0.25) is 0 Å². The van der Waals surface area contributed by atoms with Crippen molar-refractivity contribution in [2.45, 2.75) is 5.51 Å². The molecule has 0 saturated carbocycles. The van der Waals surface area contributed by atoms with Crippen molar-refractivity contribution in [3.05, 3.63) is 35.6 Å². The number of nitrogens with zero attached hydrogens (tertiary/aromatic N) is 1. The fraction of sp³-hybridized carbons (Fsp3) is 0.125. The Bertz CT molecular complexity index is 490. The van der Waals surface area contributed by atoms with Crippen molar-refractivity contribution in [1.82, 2.24) is 0 Å². The third kappa shape index (κ3) is 3.02. The first kappa shape index (κ1) is 12.6. The van der Waals surface area contributed by atoms with Gasteiger partial charge in [-0.1, -0.05) is 12.1 Å². The SMILES string of the molecule is O=S(=O)(/N=C/c1ccc(F)cc1)C(F)(F)F. The van der Waals surface area contributed by atoms with Gasteiger partial charge in [-0.25, -0.2) is 4.39 Å². The summed E-state index contributed by atoms with van der Waals surface area (Å²) in [6, 6.07) is 4.15. The van der Waals surface area contributed by atoms with Crippen LogP contribution in [0.4, 0.5) is 17.6 Å². The second-order valence-electron chi connectivity index (χ2n) is 2.71. The van der Waals surface area contributed by atoms with Crippen molar-refractivity contribution in [2.24, 2.45) is 4.40 Å². The topological polar surface area (TPSA) is 46.5 Å². The first-order chi connectivity index (χ1) is 7.22. The Morgan fingerprint density at radius 1 is 1.12 bits per heavy atom. The molecule has 0 amide bonds. The maximum Gasteiger partial charge on any atom is 0.518 e. The average Bonchev–Trinajstić information content (AvgIpc) is 2.15. The number of hydrogen-bond donors (Lipinski definition) is 0. The Labute approximate surface area is 88.5 Å². The minimum atomic E-state index is -5.53. The number of rotatable bonds is 2. The number of benzene rings is 1. The van der Waals surface area contributed by atoms with Gasteiger partial charge in [0.05, 0.1) is 0 Å². The molecule has 0 spiro atoms. The van der Waals surface area contributed by atoms with Gasteiger partial charge < -0.3 is 0 Å². The molecule has 0 fully saturated rings. The quantitative estimate of drug-likeness (QED) is 0.600. The fourth-order valence-electron chi connectivity index (χ4n) is 0.739. The molecule has 0 unspecified atom stereocenters. The largest absolute Gasteiger partial charge is 0.518 e. The van der Waals surface area contributed by atoms with E-state index in [-0.39, 0.29) is 5.56 Å². The predicted octanol–water partition coefficient (Wildman–Crippen LogP) is 2.09. The maximum atomic E-state index is 12.4. The molecule has 0 bridgehead atoms. The smallest absolute Gasteiger partial charge is 0.207 e. The predicted molar refractivity (Wildman–Crippen MR) is 49.0 cm³/mol. The molecule has 0 aliphatic heterocycles. The van der Waals surface area contributed by atoms with E-state index in [1.54, 1.807) is 0 Å². The van der Waals surface area contributed by atoms with Crippen molar-refractivity contribution >= 4 is 16.2 Å². The van der Waals surface area contributed by atoms with Crippen LogP contribution < -0.4 is 0 Å². The number of sulfonamides is 1. The summed E-state index contributed by atoms with van der Waals surface area (Å²) in [4.78, 5) is 0. The van der Waals surface area contributed by atoms with Gasteiger partial charge in [0.1, 0.15) is 5.82 Å². The Kier molecular flexibility index (Phi) is 3.32. The van der Waals surface area contributed by atoms with Gasteiger partial charge in [0.25, 0.3) is 0 Å². The lowest BCUT2D eigenvalue weighted by Gasteiger charge is -2.01. The van der Waals surface area contributed by atoms with Crippen molar-refractivity contribution in [1.29, 1.82) is 0 Å². The van der Waals surface area contributed by atoms with E-state index in [9.17, 15) is 26.0 Å². The summed E-state index contributed by atoms with van der Waals surface area (Å²) in [5.41, 5.74) is -5.38. The molecule has 0 radical (unpaired) electrons. The van der Waals surface area contributed by atoms with Crippen molar-refractivity contribution in [3.8, 4) is 0 Å². The lowest BCUT2D eigenvalue weighted by Crippen LogP contribution is -2.20. The number of hydrogen-bond acceptors (Lipinski definition) is 2. The van der Waals surface area contributed by atoms with E-state index in [1.165, 1.54) is 0 Å². The second kappa shape index (κ2) is 4.20. The molecule has 1 rings (SSSR count). The van der Waals surface area contributed by atoms with Gasteiger partial charge in [-0.3, -0.25) is 0 Å². The molecule has 0 N–H and O–H groups in total. The molecular weight excluding hydrogens is 250 g/mol. The van der Waals surface area contributed by atoms with E-state index in [4.69, 9.17) is 0 Å². The highest BCUT2D eigenvalue weighted by atomic mass is 32.2. The molecule has 8 heteroatoms. The van der Waals surface area contributed by atoms with Crippen LogP contribution in [-0.2, 0) is 10.0 Å². The average molecular weight is 255 g/mol. The Balaban J connectivity index is 2.94. The molecule has 0 saturated heterocycles. The van der Waals surface area contributed by atoms with E-state index >= 15 is 0 Å². The maximum absolute atomic E-state index is 12.4. The zero-order valence-corrected chi connectivity index (χ0v) is 8.39. The molecule has 3 nitrogen and oxygen atoms in total. The molecule has 0 aromatic heterocycles. The molecule has 16 heavy (non-hydrogen) atoms. The van der Waals surface area contributed by atoms with E-state index < -0.39 is 21.3 Å². The molecule has 1 aromatic carbocycles. The van der Waals surface area contributed by atoms with Crippen LogP contribution in [0.1, 0.15) is 5.56 Å². The van der Waals surface area contributed by atoms with Gasteiger partial charge in [-0.15, -0.1) is 0 Å². The summed E-state index contributed by atoms with van der Waals surface area (Å²) in [5.74, 6) is -0.587. The molecule has 0 atom stereocenters. The highest BCUT2D eigenvalue weighted by molar-refractivity contribution is 7.91. The Morgan fingerprint density at radius 2 is 1.62 bits per heavy atom. The zero-order chi connectivity index (χ0) is 12.4. The first-order valence-electron chi connectivity index (χ1n) is 3.84. The lowest BCUT2D eigenvalue weighted by atomic mass is 10.2. The summed E-state index contributed by atoms with van der Waals surface area (Å²) in [6.45, 7) is 0. The van der Waals surface area contributed by atoms with Crippen molar-refractivity contribution < 1.29 is 26.0 Å². The van der Waals surface area contributed by atoms with Crippen LogP contribution in [0, 0.1) is 5.82 Å². The standard InChI is InChI=1S/C8H5F4NO2S/c9-7-3-1-6(2-4-7)5-13-16(14,15)8(10,11)12/h1-5H/b13-5+. The molecular formula is C8H5F4NO2S. The summed E-state index contributed by atoms with van der Waals surface area (Å²) < 4.78 is 71.3. The van der Waals surface area contributed by atoms with Gasteiger partial charge in [0.15, 0.2) is 0 Å². The Morgan fingerprint density at radius 3 is 2.06 bits per heavy atom. The minimum absolute atomic E-state index is 0.0502. The zero-order valence-electron chi connectivity index (χ0n) is 7.57. The van der Waals surface area contributed by atoms with Crippen LogP contribution in [0.3, 0.4) is 0 Å². The third-order valence-electron chi connectivity index (χ3n) is 1.50. The summed E-state index contributed by atoms with van der Waals surface area (Å²) in [6.07, 6.45) is 0.502. The Hall–Kier alpha value is -1.44. The van der Waals surface area contributed by atoms with Crippen LogP contribution in [0.25, 0.3) is 0 Å². The number of alkyl halides is 3. The van der Waals surface area contributed by atoms with Crippen molar-refractivity contribution in [2.75, 3.05) is 0 Å². The fourth-order valence-corrected chi connectivity index (χ4v) is 1.12. The third-order valence-corrected chi connectivity index (χ3v) is 2.47. The van der Waals surface area contributed by atoms with Crippen LogP contribution in [0.15, 0.2) is 28.7 Å². The van der Waals surface area contributed by atoms with Gasteiger partial charge in [-0.2, -0.15) is 26.0 Å². The first-order valence-corrected chi connectivity index (χ1v) is 5.28. The van der Waals surface area contributed by atoms with Gasteiger partial charge in [0, 0.05) is 6.21 Å². The van der Waals surface area contributed by atoms with E-state index in [1.807, 2.05) is 0 Å². The van der Waals surface area contributed by atoms with Crippen LogP contribution in [0.2, 0.25) is 0 Å². The van der Waals surface area contributed by atoms with Crippen LogP contribution >= 0.6 is 0 Å². The normalized spacial score (nSPS) is 13.2. The summed E-state index contributed by atoms with van der Waals surface area (Å²) >= 11 is 0. The molecule has 0 heterocycles. The molecule has 1 aromatic rings. The van der Waals surface area contributed by atoms with Crippen molar-refractivity contribution in [3.63, 3.8) is 0 Å². The second-order valence-corrected chi connectivity index (χ2v) is 4.33. The molecule has 88 valence electrons. The van der Waals surface area contributed by atoms with E-state index in [0.29, 0.717) is 6.21 Å².